The lowest BCUT2D eigenvalue weighted by atomic mass is 10.3. The Morgan fingerprint density at radius 2 is 2.27 bits per heavy atom. The molecule has 0 unspecified atom stereocenters. The number of hydrogen-bond donors (Lipinski definition) is 1. The highest BCUT2D eigenvalue weighted by Gasteiger charge is 2.20. The van der Waals surface area contributed by atoms with Gasteiger partial charge < -0.3 is 5.32 Å². The van der Waals surface area contributed by atoms with Crippen molar-refractivity contribution in [3.05, 3.63) is 15.6 Å². The van der Waals surface area contributed by atoms with E-state index in [2.05, 4.69) is 24.1 Å². The highest BCUT2D eigenvalue weighted by atomic mass is 32.1. The third-order valence-corrected chi connectivity index (χ3v) is 4.03. The van der Waals surface area contributed by atoms with Crippen LogP contribution in [0, 0.1) is 6.92 Å². The van der Waals surface area contributed by atoms with E-state index in [1.807, 2.05) is 11.3 Å². The van der Waals surface area contributed by atoms with Gasteiger partial charge in [-0.3, -0.25) is 0 Å². The number of hydrogen-bond acceptors (Lipinski definition) is 3. The Morgan fingerprint density at radius 1 is 1.47 bits per heavy atom. The molecule has 3 heteroatoms. The fourth-order valence-electron chi connectivity index (χ4n) is 1.61. The van der Waals surface area contributed by atoms with Crippen LogP contribution in [0.5, 0.6) is 0 Å². The Labute approximate surface area is 96.1 Å². The first-order chi connectivity index (χ1) is 7.29. The second kappa shape index (κ2) is 5.08. The van der Waals surface area contributed by atoms with Gasteiger partial charge in [0, 0.05) is 17.5 Å². The van der Waals surface area contributed by atoms with Gasteiger partial charge in [-0.25, -0.2) is 4.98 Å². The Morgan fingerprint density at radius 3 is 2.93 bits per heavy atom. The van der Waals surface area contributed by atoms with Gasteiger partial charge >= 0.3 is 0 Å². The fraction of sp³-hybridized carbons (Fsp3) is 0.750. The van der Waals surface area contributed by atoms with Crippen molar-refractivity contribution in [1.82, 2.24) is 10.3 Å². The van der Waals surface area contributed by atoms with Crippen LogP contribution in [0.4, 0.5) is 0 Å². The maximum Gasteiger partial charge on any atom is 0.0931 e. The molecule has 2 rings (SSSR count). The van der Waals surface area contributed by atoms with E-state index in [4.69, 9.17) is 0 Å². The molecule has 1 aromatic heterocycles. The predicted octanol–water partition coefficient (Wildman–Crippen LogP) is 3.05. The van der Waals surface area contributed by atoms with Gasteiger partial charge in [-0.15, -0.1) is 11.3 Å². The number of aryl methyl sites for hydroxylation is 2. The summed E-state index contributed by atoms with van der Waals surface area (Å²) < 4.78 is 0. The van der Waals surface area contributed by atoms with Crippen LogP contribution < -0.4 is 5.32 Å². The van der Waals surface area contributed by atoms with E-state index in [9.17, 15) is 0 Å². The molecule has 1 heterocycles. The van der Waals surface area contributed by atoms with Gasteiger partial charge in [0.25, 0.3) is 0 Å². The molecule has 0 aliphatic heterocycles. The molecular formula is C12H20N2S. The zero-order valence-electron chi connectivity index (χ0n) is 9.68. The Balaban J connectivity index is 1.87. The molecule has 1 fully saturated rings. The number of thiazole rings is 1. The summed E-state index contributed by atoms with van der Waals surface area (Å²) in [6.07, 6.45) is 6.41. The molecule has 0 saturated heterocycles. The average molecular weight is 224 g/mol. The topological polar surface area (TPSA) is 24.9 Å². The lowest BCUT2D eigenvalue weighted by Crippen LogP contribution is -2.14. The molecule has 0 atom stereocenters. The SMILES string of the molecule is CCCCc1nc(C)c(CNC2CC2)s1. The number of unbranched alkanes of at least 4 members (excludes halogenated alkanes) is 1. The van der Waals surface area contributed by atoms with E-state index in [1.165, 1.54) is 41.3 Å². The van der Waals surface area contributed by atoms with Crippen molar-refractivity contribution in [3.63, 3.8) is 0 Å². The summed E-state index contributed by atoms with van der Waals surface area (Å²) in [5.41, 5.74) is 1.24. The summed E-state index contributed by atoms with van der Waals surface area (Å²) in [6.45, 7) is 5.40. The van der Waals surface area contributed by atoms with Gasteiger partial charge in [0.2, 0.25) is 0 Å². The van der Waals surface area contributed by atoms with Gasteiger partial charge in [0.15, 0.2) is 0 Å². The van der Waals surface area contributed by atoms with Gasteiger partial charge in [0.1, 0.15) is 0 Å². The molecule has 1 aliphatic carbocycles. The fourth-order valence-corrected chi connectivity index (χ4v) is 2.67. The van der Waals surface area contributed by atoms with Crippen molar-refractivity contribution in [3.8, 4) is 0 Å². The first-order valence-corrected chi connectivity index (χ1v) is 6.79. The summed E-state index contributed by atoms with van der Waals surface area (Å²) in [5.74, 6) is 0. The molecule has 0 radical (unpaired) electrons. The van der Waals surface area contributed by atoms with Crippen LogP contribution in [-0.2, 0) is 13.0 Å². The summed E-state index contributed by atoms with van der Waals surface area (Å²) >= 11 is 1.90. The zero-order valence-corrected chi connectivity index (χ0v) is 10.5. The zero-order chi connectivity index (χ0) is 10.7. The van der Waals surface area contributed by atoms with Crippen LogP contribution in [0.1, 0.15) is 48.2 Å². The standard InChI is InChI=1S/C12H20N2S/c1-3-4-5-12-14-9(2)11(15-12)8-13-10-6-7-10/h10,13H,3-8H2,1-2H3. The van der Waals surface area contributed by atoms with E-state index < -0.39 is 0 Å². The predicted molar refractivity (Wildman–Crippen MR) is 65.3 cm³/mol. The molecule has 1 N–H and O–H groups in total. The molecule has 1 aromatic rings. The number of rotatable bonds is 6. The molecule has 2 nitrogen and oxygen atoms in total. The van der Waals surface area contributed by atoms with Gasteiger partial charge in [-0.05, 0) is 32.6 Å². The molecule has 0 spiro atoms. The van der Waals surface area contributed by atoms with Crippen molar-refractivity contribution in [2.45, 2.75) is 58.5 Å². The smallest absolute Gasteiger partial charge is 0.0931 e. The van der Waals surface area contributed by atoms with Gasteiger partial charge in [-0.1, -0.05) is 13.3 Å². The van der Waals surface area contributed by atoms with Crippen molar-refractivity contribution in [1.29, 1.82) is 0 Å². The van der Waals surface area contributed by atoms with Crippen LogP contribution >= 0.6 is 11.3 Å². The van der Waals surface area contributed by atoms with Crippen molar-refractivity contribution >= 4 is 11.3 Å². The minimum absolute atomic E-state index is 0.797. The van der Waals surface area contributed by atoms with Crippen molar-refractivity contribution < 1.29 is 0 Å². The summed E-state index contributed by atoms with van der Waals surface area (Å²) in [7, 11) is 0. The summed E-state index contributed by atoms with van der Waals surface area (Å²) in [4.78, 5) is 6.06. The van der Waals surface area contributed by atoms with E-state index >= 15 is 0 Å². The number of nitrogens with zero attached hydrogens (tertiary/aromatic N) is 1. The highest BCUT2D eigenvalue weighted by molar-refractivity contribution is 7.11. The van der Waals surface area contributed by atoms with Crippen LogP contribution in [0.15, 0.2) is 0 Å². The summed E-state index contributed by atoms with van der Waals surface area (Å²) in [6, 6.07) is 0.797. The molecule has 0 aromatic carbocycles. The van der Waals surface area contributed by atoms with Crippen LogP contribution in [-0.4, -0.2) is 11.0 Å². The van der Waals surface area contributed by atoms with Crippen LogP contribution in [0.2, 0.25) is 0 Å². The molecule has 15 heavy (non-hydrogen) atoms. The van der Waals surface area contributed by atoms with Crippen LogP contribution in [0.3, 0.4) is 0 Å². The van der Waals surface area contributed by atoms with E-state index in [-0.39, 0.29) is 0 Å². The average Bonchev–Trinajstić information content (AvgIpc) is 2.98. The lowest BCUT2D eigenvalue weighted by molar-refractivity contribution is 0.691. The Bertz CT molecular complexity index is 315. The van der Waals surface area contributed by atoms with Crippen molar-refractivity contribution in [2.75, 3.05) is 0 Å². The molecule has 0 bridgehead atoms. The van der Waals surface area contributed by atoms with E-state index in [1.54, 1.807) is 0 Å². The molecular weight excluding hydrogens is 204 g/mol. The number of nitrogens with one attached hydrogen (secondary N) is 1. The maximum absolute atomic E-state index is 4.63. The maximum atomic E-state index is 4.63. The number of aromatic nitrogens is 1. The van der Waals surface area contributed by atoms with E-state index in [0.717, 1.165) is 19.0 Å². The van der Waals surface area contributed by atoms with Crippen molar-refractivity contribution in [2.24, 2.45) is 0 Å². The normalized spacial score (nSPS) is 15.9. The first kappa shape index (κ1) is 11.1. The largest absolute Gasteiger partial charge is 0.309 e. The second-order valence-corrected chi connectivity index (χ2v) is 5.54. The Kier molecular flexibility index (Phi) is 3.76. The lowest BCUT2D eigenvalue weighted by Gasteiger charge is -1.99. The molecule has 84 valence electrons. The third kappa shape index (κ3) is 3.28. The third-order valence-electron chi connectivity index (χ3n) is 2.81. The molecule has 1 saturated carbocycles. The first-order valence-electron chi connectivity index (χ1n) is 5.98. The highest BCUT2D eigenvalue weighted by Crippen LogP contribution is 2.23. The minimum Gasteiger partial charge on any atom is -0.309 e. The quantitative estimate of drug-likeness (QED) is 0.803. The summed E-state index contributed by atoms with van der Waals surface area (Å²) in [5, 5.41) is 4.87. The van der Waals surface area contributed by atoms with Gasteiger partial charge in [-0.2, -0.15) is 0 Å². The molecule has 1 aliphatic rings. The second-order valence-electron chi connectivity index (χ2n) is 4.37. The van der Waals surface area contributed by atoms with E-state index in [0.29, 0.717) is 0 Å². The monoisotopic (exact) mass is 224 g/mol. The Hall–Kier alpha value is -0.410. The molecule has 0 amide bonds. The minimum atomic E-state index is 0.797. The van der Waals surface area contributed by atoms with Gasteiger partial charge in [0.05, 0.1) is 10.7 Å². The van der Waals surface area contributed by atoms with Crippen LogP contribution in [0.25, 0.3) is 0 Å².